The van der Waals surface area contributed by atoms with E-state index in [2.05, 4.69) is 35.6 Å². The van der Waals surface area contributed by atoms with Gasteiger partial charge in [-0.25, -0.2) is 4.98 Å². The van der Waals surface area contributed by atoms with Gasteiger partial charge in [-0.3, -0.25) is 14.6 Å². The largest absolute Gasteiger partial charge is 0.320 e. The Balaban J connectivity index is 1.58. The number of fused-ring (bicyclic) bond motifs is 2. The zero-order valence-electron chi connectivity index (χ0n) is 13.4. The lowest BCUT2D eigenvalue weighted by molar-refractivity contribution is 0.468. The number of aryl methyl sites for hydroxylation is 1. The minimum absolute atomic E-state index is 0.191. The number of rotatable bonds is 2. The molecule has 1 aliphatic heterocycles. The lowest BCUT2D eigenvalue weighted by atomic mass is 9.95. The van der Waals surface area contributed by atoms with Crippen LogP contribution in [-0.4, -0.2) is 35.8 Å². The summed E-state index contributed by atoms with van der Waals surface area (Å²) in [6.45, 7) is 2.74. The molecule has 0 saturated carbocycles. The Morgan fingerprint density at radius 1 is 1.12 bits per heavy atom. The van der Waals surface area contributed by atoms with Crippen molar-refractivity contribution in [1.82, 2.24) is 34.6 Å². The normalized spacial score (nSPS) is 19.8. The van der Waals surface area contributed by atoms with E-state index in [-0.39, 0.29) is 6.04 Å². The molecule has 0 bridgehead atoms. The fourth-order valence-corrected chi connectivity index (χ4v) is 3.78. The summed E-state index contributed by atoms with van der Waals surface area (Å²) >= 11 is 0. The maximum Gasteiger partial charge on any atom is 0.161 e. The van der Waals surface area contributed by atoms with E-state index >= 15 is 0 Å². The first-order chi connectivity index (χ1) is 11.9. The van der Waals surface area contributed by atoms with Crippen molar-refractivity contribution in [1.29, 1.82) is 0 Å². The summed E-state index contributed by atoms with van der Waals surface area (Å²) in [6, 6.07) is 2.34. The van der Waals surface area contributed by atoms with Gasteiger partial charge in [0.15, 0.2) is 5.82 Å². The monoisotopic (exact) mass is 321 g/mol. The summed E-state index contributed by atoms with van der Waals surface area (Å²) in [7, 11) is 0. The van der Waals surface area contributed by atoms with Gasteiger partial charge in [0.1, 0.15) is 5.69 Å². The highest BCUT2D eigenvalue weighted by Gasteiger charge is 2.27. The molecule has 1 aliphatic carbocycles. The standard InChI is InChI=1S/C17H19N7/c1-2-13-16(20-5-4-19-13)15(3-1)23-8-7-21-17(23)14-10-12-11-18-6-9-24(12)22-14/h4-5,7-8,10,15,18H,1-3,6,9,11H2/t15-/m0/s1. The van der Waals surface area contributed by atoms with Crippen molar-refractivity contribution in [3.8, 4) is 11.5 Å². The highest BCUT2D eigenvalue weighted by molar-refractivity contribution is 5.51. The number of imidazole rings is 1. The van der Waals surface area contributed by atoms with Gasteiger partial charge in [-0.05, 0) is 25.3 Å². The molecule has 122 valence electrons. The molecule has 1 N–H and O–H groups in total. The van der Waals surface area contributed by atoms with E-state index < -0.39 is 0 Å². The van der Waals surface area contributed by atoms with E-state index in [0.29, 0.717) is 0 Å². The van der Waals surface area contributed by atoms with Crippen LogP contribution in [-0.2, 0) is 19.5 Å². The van der Waals surface area contributed by atoms with Crippen molar-refractivity contribution in [3.05, 3.63) is 47.9 Å². The predicted molar refractivity (Wildman–Crippen MR) is 88.3 cm³/mol. The SMILES string of the molecule is c1cnc2c(n1)CCC[C@@H]2n1ccnc1-c1cc2n(n1)CCNC2. The van der Waals surface area contributed by atoms with E-state index in [1.165, 1.54) is 5.69 Å². The Morgan fingerprint density at radius 3 is 3.04 bits per heavy atom. The average molecular weight is 321 g/mol. The summed E-state index contributed by atoms with van der Waals surface area (Å²) in [4.78, 5) is 13.7. The third-order valence-corrected chi connectivity index (χ3v) is 4.92. The van der Waals surface area contributed by atoms with Crippen LogP contribution in [0.4, 0.5) is 0 Å². The van der Waals surface area contributed by atoms with Gasteiger partial charge in [0.2, 0.25) is 0 Å². The summed E-state index contributed by atoms with van der Waals surface area (Å²) in [5.41, 5.74) is 4.35. The van der Waals surface area contributed by atoms with Crippen molar-refractivity contribution in [3.63, 3.8) is 0 Å². The third kappa shape index (κ3) is 2.16. The molecule has 0 radical (unpaired) electrons. The molecule has 0 amide bonds. The fraction of sp³-hybridized carbons (Fsp3) is 0.412. The fourth-order valence-electron chi connectivity index (χ4n) is 3.78. The highest BCUT2D eigenvalue weighted by atomic mass is 15.3. The van der Waals surface area contributed by atoms with Crippen molar-refractivity contribution in [2.24, 2.45) is 0 Å². The zero-order valence-corrected chi connectivity index (χ0v) is 13.4. The molecule has 0 fully saturated rings. The molecule has 0 aromatic carbocycles. The van der Waals surface area contributed by atoms with Crippen molar-refractivity contribution in [2.45, 2.75) is 38.4 Å². The molecule has 2 aliphatic rings. The molecule has 4 heterocycles. The first kappa shape index (κ1) is 13.9. The second kappa shape index (κ2) is 5.52. The predicted octanol–water partition coefficient (Wildman–Crippen LogP) is 1.57. The minimum atomic E-state index is 0.191. The molecular weight excluding hydrogens is 302 g/mol. The van der Waals surface area contributed by atoms with Crippen molar-refractivity contribution >= 4 is 0 Å². The van der Waals surface area contributed by atoms with E-state index in [4.69, 9.17) is 5.10 Å². The smallest absolute Gasteiger partial charge is 0.161 e. The molecular formula is C17H19N7. The van der Waals surface area contributed by atoms with E-state index in [0.717, 1.165) is 61.8 Å². The van der Waals surface area contributed by atoms with Crippen LogP contribution in [0.2, 0.25) is 0 Å². The molecule has 0 spiro atoms. The summed E-state index contributed by atoms with van der Waals surface area (Å²) in [6.07, 6.45) is 10.7. The highest BCUT2D eigenvalue weighted by Crippen LogP contribution is 2.33. The molecule has 5 rings (SSSR count). The van der Waals surface area contributed by atoms with Crippen LogP contribution in [0.1, 0.15) is 36.0 Å². The van der Waals surface area contributed by atoms with Crippen LogP contribution in [0.15, 0.2) is 30.9 Å². The Hall–Kier alpha value is -2.54. The summed E-state index contributed by atoms with van der Waals surface area (Å²) < 4.78 is 4.30. The number of nitrogens with zero attached hydrogens (tertiary/aromatic N) is 6. The molecule has 0 unspecified atom stereocenters. The van der Waals surface area contributed by atoms with Crippen LogP contribution >= 0.6 is 0 Å². The average Bonchev–Trinajstić information content (AvgIpc) is 3.27. The first-order valence-electron chi connectivity index (χ1n) is 8.50. The van der Waals surface area contributed by atoms with Crippen LogP contribution in [0.25, 0.3) is 11.5 Å². The minimum Gasteiger partial charge on any atom is -0.320 e. The summed E-state index contributed by atoms with van der Waals surface area (Å²) in [5.74, 6) is 0.917. The molecule has 3 aromatic rings. The van der Waals surface area contributed by atoms with Crippen molar-refractivity contribution in [2.75, 3.05) is 6.54 Å². The molecule has 1 atom stereocenters. The Bertz CT molecular complexity index is 855. The maximum atomic E-state index is 4.76. The van der Waals surface area contributed by atoms with E-state index in [1.807, 2.05) is 12.4 Å². The van der Waals surface area contributed by atoms with Gasteiger partial charge in [0, 0.05) is 37.9 Å². The van der Waals surface area contributed by atoms with Crippen LogP contribution in [0, 0.1) is 0 Å². The number of hydrogen-bond donors (Lipinski definition) is 1. The Labute approximate surface area is 139 Å². The number of aromatic nitrogens is 6. The van der Waals surface area contributed by atoms with Gasteiger partial charge in [-0.1, -0.05) is 0 Å². The van der Waals surface area contributed by atoms with Gasteiger partial charge in [-0.15, -0.1) is 0 Å². The van der Waals surface area contributed by atoms with E-state index in [1.54, 1.807) is 12.4 Å². The molecule has 7 nitrogen and oxygen atoms in total. The lowest BCUT2D eigenvalue weighted by Gasteiger charge is -2.25. The van der Waals surface area contributed by atoms with Crippen LogP contribution in [0.5, 0.6) is 0 Å². The molecule has 24 heavy (non-hydrogen) atoms. The molecule has 0 saturated heterocycles. The number of nitrogens with one attached hydrogen (secondary N) is 1. The summed E-state index contributed by atoms with van der Waals surface area (Å²) in [5, 5.41) is 8.15. The van der Waals surface area contributed by atoms with Gasteiger partial charge in [0.05, 0.1) is 29.7 Å². The van der Waals surface area contributed by atoms with Crippen molar-refractivity contribution < 1.29 is 0 Å². The third-order valence-electron chi connectivity index (χ3n) is 4.92. The number of hydrogen-bond acceptors (Lipinski definition) is 5. The molecule has 7 heteroatoms. The Kier molecular flexibility index (Phi) is 3.19. The topological polar surface area (TPSA) is 73.5 Å². The Morgan fingerprint density at radius 2 is 2.08 bits per heavy atom. The second-order valence-corrected chi connectivity index (χ2v) is 6.38. The van der Waals surface area contributed by atoms with Crippen LogP contribution < -0.4 is 5.32 Å². The lowest BCUT2D eigenvalue weighted by Crippen LogP contribution is -2.28. The van der Waals surface area contributed by atoms with Gasteiger partial charge in [0.25, 0.3) is 0 Å². The van der Waals surface area contributed by atoms with Crippen LogP contribution in [0.3, 0.4) is 0 Å². The quantitative estimate of drug-likeness (QED) is 0.775. The maximum absolute atomic E-state index is 4.76. The zero-order chi connectivity index (χ0) is 15.9. The van der Waals surface area contributed by atoms with Gasteiger partial charge < -0.3 is 9.88 Å². The second-order valence-electron chi connectivity index (χ2n) is 6.38. The van der Waals surface area contributed by atoms with Gasteiger partial charge in [-0.2, -0.15) is 5.10 Å². The first-order valence-corrected chi connectivity index (χ1v) is 8.50. The van der Waals surface area contributed by atoms with Gasteiger partial charge >= 0.3 is 0 Å². The molecule has 3 aromatic heterocycles. The van der Waals surface area contributed by atoms with E-state index in [9.17, 15) is 0 Å².